The fraction of sp³-hybridized carbons (Fsp3) is 0.294. The number of carbonyl (C=O) groups excluding carboxylic acids is 1. The van der Waals surface area contributed by atoms with E-state index in [0.717, 1.165) is 6.07 Å². The summed E-state index contributed by atoms with van der Waals surface area (Å²) < 4.78 is 45.8. The lowest BCUT2D eigenvalue weighted by Crippen LogP contribution is -2.29. The molecule has 0 aliphatic carbocycles. The van der Waals surface area contributed by atoms with E-state index in [1.807, 2.05) is 0 Å². The summed E-state index contributed by atoms with van der Waals surface area (Å²) in [6, 6.07) is 6.75. The van der Waals surface area contributed by atoms with E-state index in [1.54, 1.807) is 0 Å². The minimum Gasteiger partial charge on any atom is -0.465 e. The minimum atomic E-state index is -3.84. The summed E-state index contributed by atoms with van der Waals surface area (Å²) in [6.45, 7) is -0.0858. The zero-order chi connectivity index (χ0) is 20.0. The predicted octanol–water partition coefficient (Wildman–Crippen LogP) is 3.45. The van der Waals surface area contributed by atoms with Crippen LogP contribution in [0.3, 0.4) is 0 Å². The van der Waals surface area contributed by atoms with Gasteiger partial charge in [-0.2, -0.15) is 0 Å². The van der Waals surface area contributed by atoms with Gasteiger partial charge < -0.3 is 4.74 Å². The number of halogens is 3. The topological polar surface area (TPSA) is 85.4 Å². The number of rotatable bonds is 8. The van der Waals surface area contributed by atoms with Gasteiger partial charge in [-0.05, 0) is 36.2 Å². The van der Waals surface area contributed by atoms with Gasteiger partial charge in [-0.15, -0.1) is 11.6 Å². The summed E-state index contributed by atoms with van der Waals surface area (Å²) in [5.41, 5.74) is 1.00. The second-order valence-electron chi connectivity index (χ2n) is 5.54. The molecule has 0 amide bonds. The van der Waals surface area contributed by atoms with Gasteiger partial charge >= 0.3 is 5.97 Å². The van der Waals surface area contributed by atoms with Crippen molar-refractivity contribution in [3.63, 3.8) is 0 Å². The lowest BCUT2D eigenvalue weighted by atomic mass is 10.1. The standard InChI is InChI=1S/C17H17Cl2FN2O4S/c1-26-17(23)12-2-4-13(21-9-12)10-22-27(24,25)16(6-7-18)11-3-5-15(20)14(19)8-11/h2-5,8-9,16,22H,6-7,10H2,1H3. The Labute approximate surface area is 166 Å². The van der Waals surface area contributed by atoms with Crippen molar-refractivity contribution in [2.45, 2.75) is 18.2 Å². The van der Waals surface area contributed by atoms with Crippen LogP contribution in [-0.2, 0) is 21.3 Å². The lowest BCUT2D eigenvalue weighted by Gasteiger charge is -2.18. The van der Waals surface area contributed by atoms with Crippen LogP contribution in [0.25, 0.3) is 0 Å². The number of aromatic nitrogens is 1. The molecule has 0 fully saturated rings. The fourth-order valence-corrected chi connectivity index (χ4v) is 4.38. The zero-order valence-corrected chi connectivity index (χ0v) is 16.6. The Hall–Kier alpha value is -1.74. The highest BCUT2D eigenvalue weighted by molar-refractivity contribution is 7.89. The first-order valence-electron chi connectivity index (χ1n) is 7.81. The Morgan fingerprint density at radius 2 is 2.07 bits per heavy atom. The summed E-state index contributed by atoms with van der Waals surface area (Å²) in [4.78, 5) is 15.4. The van der Waals surface area contributed by atoms with Gasteiger partial charge in [0.25, 0.3) is 0 Å². The van der Waals surface area contributed by atoms with Crippen LogP contribution in [0, 0.1) is 5.82 Å². The van der Waals surface area contributed by atoms with Crippen LogP contribution in [-0.4, -0.2) is 32.4 Å². The van der Waals surface area contributed by atoms with Crippen LogP contribution in [0.2, 0.25) is 5.02 Å². The quantitative estimate of drug-likeness (QED) is 0.507. The first-order chi connectivity index (χ1) is 12.8. The first kappa shape index (κ1) is 21.6. The van der Waals surface area contributed by atoms with Crippen molar-refractivity contribution < 1.29 is 22.3 Å². The number of esters is 1. The summed E-state index contributed by atoms with van der Waals surface area (Å²) in [5.74, 6) is -1.08. The van der Waals surface area contributed by atoms with E-state index in [-0.39, 0.29) is 29.4 Å². The molecule has 0 bridgehead atoms. The molecule has 10 heteroatoms. The predicted molar refractivity (Wildman–Crippen MR) is 101 cm³/mol. The number of sulfonamides is 1. The van der Waals surface area contributed by atoms with E-state index in [9.17, 15) is 17.6 Å². The lowest BCUT2D eigenvalue weighted by molar-refractivity contribution is 0.0600. The Balaban J connectivity index is 2.16. The summed E-state index contributed by atoms with van der Waals surface area (Å²) in [5, 5.41) is -1.16. The maximum absolute atomic E-state index is 13.4. The zero-order valence-electron chi connectivity index (χ0n) is 14.3. The number of methoxy groups -OCH3 is 1. The number of hydrogen-bond acceptors (Lipinski definition) is 5. The second kappa shape index (κ2) is 9.45. The van der Waals surface area contributed by atoms with Gasteiger partial charge in [0.15, 0.2) is 0 Å². The van der Waals surface area contributed by atoms with E-state index in [2.05, 4.69) is 14.4 Å². The van der Waals surface area contributed by atoms with E-state index in [0.29, 0.717) is 11.3 Å². The third kappa shape index (κ3) is 5.62. The molecule has 1 N–H and O–H groups in total. The van der Waals surface area contributed by atoms with Crippen molar-refractivity contribution in [3.8, 4) is 0 Å². The van der Waals surface area contributed by atoms with Gasteiger partial charge in [0, 0.05) is 12.1 Å². The SMILES string of the molecule is COC(=O)c1ccc(CNS(=O)(=O)C(CCCl)c2ccc(F)c(Cl)c2)nc1. The smallest absolute Gasteiger partial charge is 0.339 e. The van der Waals surface area contributed by atoms with Crippen molar-refractivity contribution in [1.82, 2.24) is 9.71 Å². The number of benzene rings is 1. The normalized spacial score (nSPS) is 12.6. The Bertz CT molecular complexity index is 908. The third-order valence-electron chi connectivity index (χ3n) is 3.76. The highest BCUT2D eigenvalue weighted by Crippen LogP contribution is 2.29. The molecule has 1 heterocycles. The maximum atomic E-state index is 13.4. The molecule has 1 unspecified atom stereocenters. The third-order valence-corrected chi connectivity index (χ3v) is 6.07. The van der Waals surface area contributed by atoms with Crippen LogP contribution < -0.4 is 4.72 Å². The van der Waals surface area contributed by atoms with Crippen LogP contribution in [0.1, 0.15) is 33.3 Å². The molecule has 0 aliphatic rings. The summed E-state index contributed by atoms with van der Waals surface area (Å²) in [6.07, 6.45) is 1.42. The average molecular weight is 435 g/mol. The van der Waals surface area contributed by atoms with Crippen molar-refractivity contribution in [1.29, 1.82) is 0 Å². The molecule has 0 saturated heterocycles. The van der Waals surface area contributed by atoms with E-state index >= 15 is 0 Å². The molecule has 1 aromatic carbocycles. The number of nitrogens with one attached hydrogen (secondary N) is 1. The highest BCUT2D eigenvalue weighted by Gasteiger charge is 2.27. The largest absolute Gasteiger partial charge is 0.465 e. The minimum absolute atomic E-state index is 0.0858. The molecule has 0 saturated carbocycles. The van der Waals surface area contributed by atoms with Crippen LogP contribution in [0.5, 0.6) is 0 Å². The molecular weight excluding hydrogens is 418 g/mol. The molecule has 1 aromatic heterocycles. The molecule has 146 valence electrons. The van der Waals surface area contributed by atoms with Crippen LogP contribution in [0.4, 0.5) is 4.39 Å². The number of hydrogen-bond donors (Lipinski definition) is 1. The first-order valence-corrected chi connectivity index (χ1v) is 10.3. The second-order valence-corrected chi connectivity index (χ2v) is 8.27. The molecule has 2 rings (SSSR count). The van der Waals surface area contributed by atoms with Crippen LogP contribution in [0.15, 0.2) is 36.5 Å². The Morgan fingerprint density at radius 3 is 2.63 bits per heavy atom. The maximum Gasteiger partial charge on any atom is 0.339 e. The molecule has 0 aliphatic heterocycles. The van der Waals surface area contributed by atoms with E-state index < -0.39 is 27.1 Å². The summed E-state index contributed by atoms with van der Waals surface area (Å²) >= 11 is 11.5. The number of alkyl halides is 1. The molecule has 0 spiro atoms. The van der Waals surface area contributed by atoms with Gasteiger partial charge in [0.2, 0.25) is 10.0 Å². The van der Waals surface area contributed by atoms with E-state index in [4.69, 9.17) is 23.2 Å². The van der Waals surface area contributed by atoms with Gasteiger partial charge in [-0.3, -0.25) is 4.98 Å². The van der Waals surface area contributed by atoms with Gasteiger partial charge in [-0.1, -0.05) is 17.7 Å². The van der Waals surface area contributed by atoms with Crippen molar-refractivity contribution in [3.05, 3.63) is 64.2 Å². The van der Waals surface area contributed by atoms with Crippen molar-refractivity contribution in [2.24, 2.45) is 0 Å². The summed E-state index contributed by atoms with van der Waals surface area (Å²) in [7, 11) is -2.59. The molecule has 1 atom stereocenters. The Morgan fingerprint density at radius 1 is 1.33 bits per heavy atom. The van der Waals surface area contributed by atoms with Crippen LogP contribution >= 0.6 is 23.2 Å². The number of carbonyl (C=O) groups is 1. The van der Waals surface area contributed by atoms with Gasteiger partial charge in [0.05, 0.1) is 29.9 Å². The molecule has 0 radical (unpaired) electrons. The number of ether oxygens (including phenoxy) is 1. The molecule has 6 nitrogen and oxygen atoms in total. The van der Waals surface area contributed by atoms with E-state index in [1.165, 1.54) is 37.6 Å². The van der Waals surface area contributed by atoms with Gasteiger partial charge in [-0.25, -0.2) is 22.3 Å². The van der Waals surface area contributed by atoms with Crippen molar-refractivity contribution >= 4 is 39.2 Å². The number of pyridine rings is 1. The Kier molecular flexibility index (Phi) is 7.55. The molecule has 2 aromatic rings. The number of nitrogens with zero attached hydrogens (tertiary/aromatic N) is 1. The van der Waals surface area contributed by atoms with Gasteiger partial charge in [0.1, 0.15) is 11.1 Å². The molecule has 27 heavy (non-hydrogen) atoms. The fourth-order valence-electron chi connectivity index (χ4n) is 2.36. The molecular formula is C17H17Cl2FN2O4S. The highest BCUT2D eigenvalue weighted by atomic mass is 35.5. The van der Waals surface area contributed by atoms with Crippen molar-refractivity contribution in [2.75, 3.05) is 13.0 Å². The monoisotopic (exact) mass is 434 g/mol. The average Bonchev–Trinajstić information content (AvgIpc) is 2.66.